The summed E-state index contributed by atoms with van der Waals surface area (Å²) in [6, 6.07) is 6.42. The number of fused-ring (bicyclic) bond motifs is 2. The van der Waals surface area contributed by atoms with Gasteiger partial charge in [0.1, 0.15) is 22.2 Å². The number of anilines is 1. The Balaban J connectivity index is 1.46. The summed E-state index contributed by atoms with van der Waals surface area (Å²) in [5, 5.41) is 23.2. The van der Waals surface area contributed by atoms with E-state index in [4.69, 9.17) is 0 Å². The first-order chi connectivity index (χ1) is 13.7. The maximum Gasteiger partial charge on any atom is 0.235 e. The molecule has 28 heavy (non-hydrogen) atoms. The Morgan fingerprint density at radius 3 is 2.75 bits per heavy atom. The zero-order valence-corrected chi connectivity index (χ0v) is 17.1. The number of nitrogens with zero attached hydrogens (tertiary/aromatic N) is 3. The topological polar surface area (TPSA) is 89.6 Å². The normalized spacial score (nSPS) is 15.1. The lowest BCUT2D eigenvalue weighted by molar-refractivity contribution is -0.113. The van der Waals surface area contributed by atoms with Gasteiger partial charge >= 0.3 is 0 Å². The van der Waals surface area contributed by atoms with Gasteiger partial charge in [0.05, 0.1) is 16.9 Å². The number of pyridine rings is 1. The molecule has 5 nitrogen and oxygen atoms in total. The zero-order valence-electron chi connectivity index (χ0n) is 15.5. The average Bonchev–Trinajstić information content (AvgIpc) is 3.08. The van der Waals surface area contributed by atoms with Gasteiger partial charge in [-0.2, -0.15) is 10.5 Å². The maximum absolute atomic E-state index is 12.5. The molecule has 0 unspecified atom stereocenters. The Morgan fingerprint density at radius 2 is 1.93 bits per heavy atom. The smallest absolute Gasteiger partial charge is 0.235 e. The van der Waals surface area contributed by atoms with Crippen LogP contribution in [0.5, 0.6) is 0 Å². The summed E-state index contributed by atoms with van der Waals surface area (Å²) in [5.41, 5.74) is 4.51. The van der Waals surface area contributed by atoms with Crippen LogP contribution in [-0.4, -0.2) is 16.6 Å². The summed E-state index contributed by atoms with van der Waals surface area (Å²) in [4.78, 5) is 18.4. The number of hydrogen-bond donors (Lipinski definition) is 1. The number of amides is 1. The largest absolute Gasteiger partial charge is 0.316 e. The van der Waals surface area contributed by atoms with E-state index in [0.29, 0.717) is 21.2 Å². The van der Waals surface area contributed by atoms with E-state index < -0.39 is 0 Å². The van der Waals surface area contributed by atoms with Crippen molar-refractivity contribution in [2.45, 2.75) is 56.4 Å². The molecule has 1 N–H and O–H groups in total. The van der Waals surface area contributed by atoms with Crippen LogP contribution < -0.4 is 5.32 Å². The van der Waals surface area contributed by atoms with E-state index in [9.17, 15) is 15.3 Å². The first kappa shape index (κ1) is 19.0. The number of carbonyl (C=O) groups is 1. The minimum absolute atomic E-state index is 0.163. The van der Waals surface area contributed by atoms with Gasteiger partial charge in [-0.15, -0.1) is 11.3 Å². The molecule has 2 heterocycles. The number of thiophene rings is 1. The number of hydrogen-bond acceptors (Lipinski definition) is 6. The number of aromatic nitrogens is 1. The van der Waals surface area contributed by atoms with Gasteiger partial charge in [0, 0.05) is 10.6 Å². The summed E-state index contributed by atoms with van der Waals surface area (Å²) in [5.74, 6) is 0.0111. The monoisotopic (exact) mass is 408 g/mol. The molecule has 2 aliphatic rings. The SMILES string of the molecule is N#Cc1cc2c(nc1SCC(=O)Nc1sc3c(c1C#N)CCCC3)CCCC2. The second-order valence-corrected chi connectivity index (χ2v) is 9.20. The van der Waals surface area contributed by atoms with Crippen LogP contribution in [-0.2, 0) is 30.5 Å². The average molecular weight is 409 g/mol. The molecule has 1 amide bonds. The molecular weight excluding hydrogens is 388 g/mol. The molecule has 7 heteroatoms. The number of nitriles is 2. The molecule has 2 aromatic rings. The van der Waals surface area contributed by atoms with E-state index in [2.05, 4.69) is 22.4 Å². The number of thioether (sulfide) groups is 1. The molecule has 0 bridgehead atoms. The molecule has 0 radical (unpaired) electrons. The fourth-order valence-electron chi connectivity index (χ4n) is 3.87. The van der Waals surface area contributed by atoms with Crippen molar-refractivity contribution in [1.82, 2.24) is 4.98 Å². The summed E-state index contributed by atoms with van der Waals surface area (Å²) in [6.45, 7) is 0. The van der Waals surface area contributed by atoms with Crippen molar-refractivity contribution in [2.24, 2.45) is 0 Å². The minimum atomic E-state index is -0.163. The number of carbonyl (C=O) groups excluding carboxylic acids is 1. The fourth-order valence-corrected chi connectivity index (χ4v) is 5.90. The van der Waals surface area contributed by atoms with E-state index in [1.54, 1.807) is 0 Å². The van der Waals surface area contributed by atoms with Crippen LogP contribution in [0.25, 0.3) is 0 Å². The first-order valence-electron chi connectivity index (χ1n) is 9.59. The van der Waals surface area contributed by atoms with Crippen molar-refractivity contribution < 1.29 is 4.79 Å². The molecule has 0 fully saturated rings. The van der Waals surface area contributed by atoms with E-state index in [0.717, 1.165) is 62.6 Å². The summed E-state index contributed by atoms with van der Waals surface area (Å²) in [6.07, 6.45) is 8.32. The molecule has 0 saturated carbocycles. The predicted octanol–water partition coefficient (Wildman–Crippen LogP) is 4.37. The van der Waals surface area contributed by atoms with Crippen LogP contribution >= 0.6 is 23.1 Å². The van der Waals surface area contributed by atoms with E-state index in [1.165, 1.54) is 33.5 Å². The van der Waals surface area contributed by atoms with Crippen molar-refractivity contribution in [2.75, 3.05) is 11.1 Å². The van der Waals surface area contributed by atoms with Gasteiger partial charge in [-0.1, -0.05) is 11.8 Å². The van der Waals surface area contributed by atoms with E-state index in [1.807, 2.05) is 6.07 Å². The summed E-state index contributed by atoms with van der Waals surface area (Å²) in [7, 11) is 0. The van der Waals surface area contributed by atoms with Crippen molar-refractivity contribution in [3.63, 3.8) is 0 Å². The second-order valence-electron chi connectivity index (χ2n) is 7.13. The maximum atomic E-state index is 12.5. The van der Waals surface area contributed by atoms with Gasteiger partial charge < -0.3 is 5.32 Å². The number of aryl methyl sites for hydroxylation is 3. The van der Waals surface area contributed by atoms with Gasteiger partial charge in [-0.05, 0) is 68.6 Å². The van der Waals surface area contributed by atoms with Crippen LogP contribution in [0.2, 0.25) is 0 Å². The molecule has 0 aromatic carbocycles. The Hall–Kier alpha value is -2.35. The van der Waals surface area contributed by atoms with Crippen molar-refractivity contribution in [3.05, 3.63) is 38.9 Å². The van der Waals surface area contributed by atoms with Gasteiger partial charge in [0.2, 0.25) is 5.91 Å². The third-order valence-electron chi connectivity index (χ3n) is 5.26. The highest BCUT2D eigenvalue weighted by Gasteiger charge is 2.22. The Morgan fingerprint density at radius 1 is 1.14 bits per heavy atom. The highest BCUT2D eigenvalue weighted by Crippen LogP contribution is 2.37. The summed E-state index contributed by atoms with van der Waals surface area (Å²) >= 11 is 2.83. The Bertz CT molecular complexity index is 1010. The molecular formula is C21H20N4OS2. The van der Waals surface area contributed by atoms with Gasteiger partial charge in [0.15, 0.2) is 0 Å². The van der Waals surface area contributed by atoms with Crippen molar-refractivity contribution in [1.29, 1.82) is 10.5 Å². The van der Waals surface area contributed by atoms with Gasteiger partial charge in [-0.25, -0.2) is 4.98 Å². The lowest BCUT2D eigenvalue weighted by Crippen LogP contribution is -2.15. The zero-order chi connectivity index (χ0) is 19.5. The number of rotatable bonds is 4. The van der Waals surface area contributed by atoms with Crippen LogP contribution in [0.15, 0.2) is 11.1 Å². The van der Waals surface area contributed by atoms with Crippen molar-refractivity contribution in [3.8, 4) is 12.1 Å². The molecule has 142 valence electrons. The first-order valence-corrected chi connectivity index (χ1v) is 11.4. The number of nitrogens with one attached hydrogen (secondary N) is 1. The summed E-state index contributed by atoms with van der Waals surface area (Å²) < 4.78 is 0. The standard InChI is InChI=1S/C21H20N4OS2/c22-10-14-9-13-5-1-3-7-17(13)24-20(14)27-12-19(26)25-21-16(11-23)15-6-2-4-8-18(15)28-21/h9H,1-8,12H2,(H,25,26). The molecule has 0 spiro atoms. The van der Waals surface area contributed by atoms with Crippen LogP contribution in [0, 0.1) is 22.7 Å². The Kier molecular flexibility index (Phi) is 5.66. The highest BCUT2D eigenvalue weighted by atomic mass is 32.2. The van der Waals surface area contributed by atoms with Crippen LogP contribution in [0.4, 0.5) is 5.00 Å². The Labute approximate surface area is 172 Å². The predicted molar refractivity (Wildman–Crippen MR) is 111 cm³/mol. The molecule has 0 atom stereocenters. The molecule has 4 rings (SSSR count). The van der Waals surface area contributed by atoms with Gasteiger partial charge in [0.25, 0.3) is 0 Å². The van der Waals surface area contributed by atoms with Crippen LogP contribution in [0.3, 0.4) is 0 Å². The molecule has 2 aliphatic carbocycles. The third kappa shape index (κ3) is 3.78. The second kappa shape index (κ2) is 8.34. The van der Waals surface area contributed by atoms with Crippen LogP contribution in [0.1, 0.15) is 58.5 Å². The van der Waals surface area contributed by atoms with E-state index >= 15 is 0 Å². The van der Waals surface area contributed by atoms with E-state index in [-0.39, 0.29) is 11.7 Å². The lowest BCUT2D eigenvalue weighted by Gasteiger charge is -2.16. The minimum Gasteiger partial charge on any atom is -0.316 e. The third-order valence-corrected chi connectivity index (χ3v) is 7.46. The van der Waals surface area contributed by atoms with Crippen molar-refractivity contribution >= 4 is 34.0 Å². The molecule has 0 saturated heterocycles. The lowest BCUT2D eigenvalue weighted by atomic mass is 9.95. The molecule has 0 aliphatic heterocycles. The highest BCUT2D eigenvalue weighted by molar-refractivity contribution is 8.00. The van der Waals surface area contributed by atoms with Gasteiger partial charge in [-0.3, -0.25) is 4.79 Å². The molecule has 2 aromatic heterocycles. The quantitative estimate of drug-likeness (QED) is 0.759. The fraction of sp³-hybridized carbons (Fsp3) is 0.429.